The van der Waals surface area contributed by atoms with Crippen molar-refractivity contribution < 1.29 is 0 Å². The van der Waals surface area contributed by atoms with Crippen LogP contribution >= 0.6 is 0 Å². The monoisotopic (exact) mass is 238 g/mol. The number of benzene rings is 1. The van der Waals surface area contributed by atoms with Gasteiger partial charge in [-0.2, -0.15) is 0 Å². The molecule has 1 fully saturated rings. The molecule has 2 aliphatic carbocycles. The largest absolute Gasteiger partial charge is 0.0799 e. The first-order valence-electron chi connectivity index (χ1n) is 7.29. The van der Waals surface area contributed by atoms with Crippen LogP contribution in [0.15, 0.2) is 42.5 Å². The van der Waals surface area contributed by atoms with Gasteiger partial charge in [0.15, 0.2) is 0 Å². The van der Waals surface area contributed by atoms with Gasteiger partial charge in [-0.1, -0.05) is 62.8 Å². The molecule has 3 rings (SSSR count). The zero-order chi connectivity index (χ0) is 12.5. The second-order valence-corrected chi connectivity index (χ2v) is 5.80. The average Bonchev–Trinajstić information content (AvgIpc) is 3.07. The molecule has 1 aromatic rings. The van der Waals surface area contributed by atoms with Gasteiger partial charge in [0.1, 0.15) is 0 Å². The highest BCUT2D eigenvalue weighted by atomic mass is 14.5. The molecule has 0 bridgehead atoms. The molecule has 2 aliphatic rings. The van der Waals surface area contributed by atoms with Crippen molar-refractivity contribution in [1.29, 1.82) is 0 Å². The van der Waals surface area contributed by atoms with Gasteiger partial charge in [-0.05, 0) is 47.3 Å². The molecule has 0 heterocycles. The Morgan fingerprint density at radius 3 is 2.50 bits per heavy atom. The average molecular weight is 238 g/mol. The van der Waals surface area contributed by atoms with Gasteiger partial charge in [0.2, 0.25) is 0 Å². The normalized spacial score (nSPS) is 28.8. The van der Waals surface area contributed by atoms with Crippen molar-refractivity contribution in [2.24, 2.45) is 17.8 Å². The first kappa shape index (κ1) is 11.8. The van der Waals surface area contributed by atoms with E-state index in [-0.39, 0.29) is 0 Å². The van der Waals surface area contributed by atoms with E-state index in [1.165, 1.54) is 36.0 Å². The molecular weight excluding hydrogens is 216 g/mol. The van der Waals surface area contributed by atoms with Gasteiger partial charge in [-0.3, -0.25) is 0 Å². The Labute approximate surface area is 110 Å². The van der Waals surface area contributed by atoms with Crippen LogP contribution in [0, 0.1) is 17.8 Å². The SMILES string of the molecule is CCCCc1ccc(C2=CC3C(C)C3C=C2)cc1. The number of hydrogen-bond acceptors (Lipinski definition) is 0. The van der Waals surface area contributed by atoms with Crippen molar-refractivity contribution in [2.45, 2.75) is 33.1 Å². The number of aryl methyl sites for hydroxylation is 1. The smallest absolute Gasteiger partial charge is 0.0127 e. The number of rotatable bonds is 4. The summed E-state index contributed by atoms with van der Waals surface area (Å²) in [6.07, 6.45) is 11.0. The Bertz CT molecular complexity index is 475. The Morgan fingerprint density at radius 2 is 1.83 bits per heavy atom. The summed E-state index contributed by atoms with van der Waals surface area (Å²) in [5, 5.41) is 0. The van der Waals surface area contributed by atoms with Crippen molar-refractivity contribution in [1.82, 2.24) is 0 Å². The lowest BCUT2D eigenvalue weighted by Crippen LogP contribution is -1.90. The van der Waals surface area contributed by atoms with Gasteiger partial charge in [0, 0.05) is 0 Å². The van der Waals surface area contributed by atoms with Crippen molar-refractivity contribution in [3.05, 3.63) is 53.6 Å². The maximum atomic E-state index is 2.47. The quantitative estimate of drug-likeness (QED) is 0.702. The van der Waals surface area contributed by atoms with Crippen LogP contribution in [-0.4, -0.2) is 0 Å². The number of unbranched alkanes of at least 4 members (excludes halogenated alkanes) is 1. The summed E-state index contributed by atoms with van der Waals surface area (Å²) < 4.78 is 0. The topological polar surface area (TPSA) is 0 Å². The second-order valence-electron chi connectivity index (χ2n) is 5.80. The third-order valence-electron chi connectivity index (χ3n) is 4.49. The van der Waals surface area contributed by atoms with E-state index in [0.29, 0.717) is 0 Å². The van der Waals surface area contributed by atoms with Crippen LogP contribution in [0.4, 0.5) is 0 Å². The van der Waals surface area contributed by atoms with Crippen LogP contribution in [0.2, 0.25) is 0 Å². The molecule has 1 aromatic carbocycles. The van der Waals surface area contributed by atoms with Crippen LogP contribution < -0.4 is 0 Å². The predicted octanol–water partition coefficient (Wildman–Crippen LogP) is 4.86. The van der Waals surface area contributed by atoms with E-state index in [9.17, 15) is 0 Å². The number of hydrogen-bond donors (Lipinski definition) is 0. The molecular formula is C18H22. The van der Waals surface area contributed by atoms with Crippen LogP contribution in [0.5, 0.6) is 0 Å². The van der Waals surface area contributed by atoms with Gasteiger partial charge >= 0.3 is 0 Å². The third kappa shape index (κ3) is 2.16. The molecule has 0 nitrogen and oxygen atoms in total. The first-order valence-corrected chi connectivity index (χ1v) is 7.29. The fraction of sp³-hybridized carbons (Fsp3) is 0.444. The summed E-state index contributed by atoms with van der Waals surface area (Å²) in [6, 6.07) is 9.16. The minimum atomic E-state index is 0.810. The standard InChI is InChI=1S/C18H22/c1-3-4-5-14-6-8-15(9-7-14)16-10-11-17-13(2)18(17)12-16/h6-13,17-18H,3-5H2,1-2H3. The number of allylic oxidation sites excluding steroid dienone is 4. The third-order valence-corrected chi connectivity index (χ3v) is 4.49. The Morgan fingerprint density at radius 1 is 1.06 bits per heavy atom. The van der Waals surface area contributed by atoms with E-state index in [0.717, 1.165) is 17.8 Å². The van der Waals surface area contributed by atoms with Crippen LogP contribution in [0.25, 0.3) is 5.57 Å². The summed E-state index contributed by atoms with van der Waals surface area (Å²) in [4.78, 5) is 0. The van der Waals surface area contributed by atoms with Gasteiger partial charge in [0.25, 0.3) is 0 Å². The molecule has 18 heavy (non-hydrogen) atoms. The highest BCUT2D eigenvalue weighted by molar-refractivity contribution is 5.76. The fourth-order valence-electron chi connectivity index (χ4n) is 3.01. The van der Waals surface area contributed by atoms with Crippen LogP contribution in [0.3, 0.4) is 0 Å². The molecule has 3 unspecified atom stereocenters. The molecule has 0 saturated heterocycles. The van der Waals surface area contributed by atoms with Crippen molar-refractivity contribution in [3.8, 4) is 0 Å². The lowest BCUT2D eigenvalue weighted by molar-refractivity contribution is 0.795. The maximum absolute atomic E-state index is 2.47. The predicted molar refractivity (Wildman–Crippen MR) is 78.3 cm³/mol. The van der Waals surface area contributed by atoms with E-state index in [2.05, 4.69) is 56.3 Å². The molecule has 0 heteroatoms. The molecule has 1 saturated carbocycles. The molecule has 0 spiro atoms. The lowest BCUT2D eigenvalue weighted by atomic mass is 9.98. The zero-order valence-corrected chi connectivity index (χ0v) is 11.4. The fourth-order valence-corrected chi connectivity index (χ4v) is 3.01. The summed E-state index contributed by atoms with van der Waals surface area (Å²) in [6.45, 7) is 4.60. The second kappa shape index (κ2) is 4.76. The van der Waals surface area contributed by atoms with Gasteiger partial charge in [-0.25, -0.2) is 0 Å². The van der Waals surface area contributed by atoms with E-state index >= 15 is 0 Å². The summed E-state index contributed by atoms with van der Waals surface area (Å²) >= 11 is 0. The van der Waals surface area contributed by atoms with E-state index in [1.54, 1.807) is 0 Å². The van der Waals surface area contributed by atoms with E-state index in [1.807, 2.05) is 0 Å². The van der Waals surface area contributed by atoms with Gasteiger partial charge in [0.05, 0.1) is 0 Å². The highest BCUT2D eigenvalue weighted by Gasteiger charge is 2.44. The van der Waals surface area contributed by atoms with Crippen LogP contribution in [0.1, 0.15) is 37.8 Å². The Kier molecular flexibility index (Phi) is 3.11. The van der Waals surface area contributed by atoms with Gasteiger partial charge < -0.3 is 0 Å². The van der Waals surface area contributed by atoms with E-state index < -0.39 is 0 Å². The van der Waals surface area contributed by atoms with Gasteiger partial charge in [-0.15, -0.1) is 0 Å². The van der Waals surface area contributed by atoms with Crippen molar-refractivity contribution in [2.75, 3.05) is 0 Å². The van der Waals surface area contributed by atoms with Crippen LogP contribution in [-0.2, 0) is 6.42 Å². The maximum Gasteiger partial charge on any atom is -0.0127 e. The molecule has 0 radical (unpaired) electrons. The van der Waals surface area contributed by atoms with E-state index in [4.69, 9.17) is 0 Å². The van der Waals surface area contributed by atoms with Crippen molar-refractivity contribution >= 4 is 5.57 Å². The Balaban J connectivity index is 1.73. The molecule has 0 aliphatic heterocycles. The first-order chi connectivity index (χ1) is 8.79. The lowest BCUT2D eigenvalue weighted by Gasteiger charge is -2.08. The zero-order valence-electron chi connectivity index (χ0n) is 11.4. The molecule has 3 atom stereocenters. The summed E-state index contributed by atoms with van der Waals surface area (Å²) in [5.41, 5.74) is 4.27. The minimum Gasteiger partial charge on any atom is -0.0799 e. The Hall–Kier alpha value is -1.30. The molecule has 0 aromatic heterocycles. The highest BCUT2D eigenvalue weighted by Crippen LogP contribution is 2.51. The molecule has 0 N–H and O–H groups in total. The minimum absolute atomic E-state index is 0.810. The van der Waals surface area contributed by atoms with Crippen molar-refractivity contribution in [3.63, 3.8) is 0 Å². The summed E-state index contributed by atoms with van der Waals surface area (Å²) in [5.74, 6) is 2.50. The molecule has 0 amide bonds. The molecule has 94 valence electrons. The summed E-state index contributed by atoms with van der Waals surface area (Å²) in [7, 11) is 0. The number of fused-ring (bicyclic) bond motifs is 1.